The Bertz CT molecular complexity index is 1370. The van der Waals surface area contributed by atoms with E-state index in [1.807, 2.05) is 13.8 Å². The van der Waals surface area contributed by atoms with E-state index in [1.54, 1.807) is 24.3 Å². The molecule has 9 nitrogen and oxygen atoms in total. The Labute approximate surface area is 195 Å². The number of nitrogens with zero attached hydrogens (tertiary/aromatic N) is 2. The Morgan fingerprint density at radius 2 is 1.73 bits per heavy atom. The normalized spacial score (nSPS) is 12.1. The van der Waals surface area contributed by atoms with Crippen LogP contribution in [-0.2, 0) is 25.9 Å². The number of carbonyl (C=O) groups excluding carboxylic acids is 2. The standard InChI is InChI=1S/C22H24N2O7S2/c1-5-30-17-10-7-14(11-18(17)31-6-2)21(26)23-22-24(13-20(25)29-3)16-9-8-15(33(4,27)28)12-19(16)32-22/h7-12H,5-6,13H2,1-4H3. The van der Waals surface area contributed by atoms with Crippen molar-refractivity contribution in [3.8, 4) is 11.5 Å². The number of hydrogen-bond donors (Lipinski definition) is 0. The van der Waals surface area contributed by atoms with Crippen LogP contribution in [0.1, 0.15) is 24.2 Å². The van der Waals surface area contributed by atoms with Crippen LogP contribution in [0.4, 0.5) is 0 Å². The van der Waals surface area contributed by atoms with Gasteiger partial charge in [0.05, 0.1) is 35.4 Å². The van der Waals surface area contributed by atoms with E-state index in [4.69, 9.17) is 14.2 Å². The third-order valence-corrected chi connectivity index (χ3v) is 6.74. The number of rotatable bonds is 8. The summed E-state index contributed by atoms with van der Waals surface area (Å²) in [6.45, 7) is 4.33. The van der Waals surface area contributed by atoms with Gasteiger partial charge in [0.15, 0.2) is 26.1 Å². The van der Waals surface area contributed by atoms with Gasteiger partial charge in [0.1, 0.15) is 6.54 Å². The van der Waals surface area contributed by atoms with Crippen molar-refractivity contribution in [3.05, 3.63) is 46.8 Å². The van der Waals surface area contributed by atoms with Gasteiger partial charge in [0, 0.05) is 11.8 Å². The molecule has 0 fully saturated rings. The third kappa shape index (κ3) is 5.60. The first-order chi connectivity index (χ1) is 15.7. The van der Waals surface area contributed by atoms with Crippen LogP contribution >= 0.6 is 11.3 Å². The first-order valence-electron chi connectivity index (χ1n) is 10.1. The zero-order valence-corrected chi connectivity index (χ0v) is 20.3. The maximum absolute atomic E-state index is 13.0. The summed E-state index contributed by atoms with van der Waals surface area (Å²) in [5.74, 6) is -0.133. The highest BCUT2D eigenvalue weighted by molar-refractivity contribution is 7.90. The predicted octanol–water partition coefficient (Wildman–Crippen LogP) is 2.82. The zero-order chi connectivity index (χ0) is 24.2. The molecule has 2 aromatic carbocycles. The number of ether oxygens (including phenoxy) is 3. The lowest BCUT2D eigenvalue weighted by Gasteiger charge is -2.11. The molecule has 176 valence electrons. The molecule has 1 aromatic heterocycles. The molecule has 0 aliphatic heterocycles. The van der Waals surface area contributed by atoms with E-state index in [1.165, 1.54) is 23.8 Å². The Balaban J connectivity index is 2.13. The minimum absolute atomic E-state index is 0.132. The molecular weight excluding hydrogens is 468 g/mol. The van der Waals surface area contributed by atoms with Crippen molar-refractivity contribution < 1.29 is 32.2 Å². The highest BCUT2D eigenvalue weighted by Gasteiger charge is 2.16. The quantitative estimate of drug-likeness (QED) is 0.444. The summed E-state index contributed by atoms with van der Waals surface area (Å²) in [6.07, 6.45) is 1.11. The molecule has 0 atom stereocenters. The topological polar surface area (TPSA) is 113 Å². The van der Waals surface area contributed by atoms with Crippen molar-refractivity contribution >= 4 is 43.3 Å². The second-order valence-corrected chi connectivity index (χ2v) is 9.92. The van der Waals surface area contributed by atoms with Crippen LogP contribution in [0.2, 0.25) is 0 Å². The Hall–Kier alpha value is -3.18. The average molecular weight is 493 g/mol. The number of thiazole rings is 1. The molecule has 0 saturated heterocycles. The van der Waals surface area contributed by atoms with E-state index in [0.717, 1.165) is 17.6 Å². The van der Waals surface area contributed by atoms with Gasteiger partial charge in [-0.1, -0.05) is 11.3 Å². The SMILES string of the molecule is CCOc1ccc(C(=O)N=c2sc3cc(S(C)(=O)=O)ccc3n2CC(=O)OC)cc1OCC. The minimum Gasteiger partial charge on any atom is -0.490 e. The maximum Gasteiger partial charge on any atom is 0.325 e. The molecule has 1 heterocycles. The Morgan fingerprint density at radius 3 is 2.36 bits per heavy atom. The second-order valence-electron chi connectivity index (χ2n) is 6.89. The van der Waals surface area contributed by atoms with Gasteiger partial charge < -0.3 is 18.8 Å². The molecule has 3 aromatic rings. The van der Waals surface area contributed by atoms with Gasteiger partial charge in [-0.05, 0) is 50.2 Å². The van der Waals surface area contributed by atoms with E-state index in [0.29, 0.717) is 34.9 Å². The van der Waals surface area contributed by atoms with Crippen LogP contribution in [0.25, 0.3) is 10.2 Å². The number of carbonyl (C=O) groups is 2. The Morgan fingerprint density at radius 1 is 1.03 bits per heavy atom. The summed E-state index contributed by atoms with van der Waals surface area (Å²) in [6, 6.07) is 9.31. The van der Waals surface area contributed by atoms with E-state index in [9.17, 15) is 18.0 Å². The fraction of sp³-hybridized carbons (Fsp3) is 0.318. The summed E-state index contributed by atoms with van der Waals surface area (Å²) < 4.78 is 41.8. The molecule has 0 N–H and O–H groups in total. The highest BCUT2D eigenvalue weighted by Crippen LogP contribution is 2.29. The highest BCUT2D eigenvalue weighted by atomic mass is 32.2. The van der Waals surface area contributed by atoms with E-state index in [-0.39, 0.29) is 21.8 Å². The molecule has 0 radical (unpaired) electrons. The van der Waals surface area contributed by atoms with Gasteiger partial charge in [0.2, 0.25) is 0 Å². The van der Waals surface area contributed by atoms with E-state index >= 15 is 0 Å². The summed E-state index contributed by atoms with van der Waals surface area (Å²) in [4.78, 5) is 29.5. The Kier molecular flexibility index (Phi) is 7.54. The first-order valence-corrected chi connectivity index (χ1v) is 12.8. The van der Waals surface area contributed by atoms with Crippen LogP contribution in [0.15, 0.2) is 46.3 Å². The van der Waals surface area contributed by atoms with Crippen LogP contribution < -0.4 is 14.3 Å². The van der Waals surface area contributed by atoms with E-state index < -0.39 is 21.7 Å². The number of esters is 1. The van der Waals surface area contributed by atoms with Crippen LogP contribution in [0.5, 0.6) is 11.5 Å². The number of hydrogen-bond acceptors (Lipinski definition) is 8. The van der Waals surface area contributed by atoms with Gasteiger partial charge in [-0.25, -0.2) is 8.42 Å². The summed E-state index contributed by atoms with van der Waals surface area (Å²) in [7, 11) is -2.17. The van der Waals surface area contributed by atoms with Crippen molar-refractivity contribution in [1.29, 1.82) is 0 Å². The molecule has 0 aliphatic carbocycles. The van der Waals surface area contributed by atoms with Crippen LogP contribution in [-0.4, -0.2) is 51.4 Å². The first kappa shape index (κ1) is 24.5. The molecule has 0 spiro atoms. The molecular formula is C22H24N2O7S2. The van der Waals surface area contributed by atoms with Crippen molar-refractivity contribution in [2.24, 2.45) is 4.99 Å². The molecule has 3 rings (SSSR count). The van der Waals surface area contributed by atoms with Crippen molar-refractivity contribution in [2.45, 2.75) is 25.3 Å². The van der Waals surface area contributed by atoms with Gasteiger partial charge >= 0.3 is 5.97 Å². The zero-order valence-electron chi connectivity index (χ0n) is 18.7. The monoisotopic (exact) mass is 492 g/mol. The number of aromatic nitrogens is 1. The maximum atomic E-state index is 13.0. The fourth-order valence-electron chi connectivity index (χ4n) is 3.05. The van der Waals surface area contributed by atoms with Crippen molar-refractivity contribution in [1.82, 2.24) is 4.57 Å². The number of methoxy groups -OCH3 is 1. The van der Waals surface area contributed by atoms with Crippen molar-refractivity contribution in [3.63, 3.8) is 0 Å². The second kappa shape index (κ2) is 10.2. The van der Waals surface area contributed by atoms with E-state index in [2.05, 4.69) is 4.99 Å². The van der Waals surface area contributed by atoms with Gasteiger partial charge in [-0.3, -0.25) is 9.59 Å². The van der Waals surface area contributed by atoms with Crippen LogP contribution in [0.3, 0.4) is 0 Å². The molecule has 0 saturated carbocycles. The molecule has 1 amide bonds. The van der Waals surface area contributed by atoms with Crippen LogP contribution in [0, 0.1) is 0 Å². The summed E-state index contributed by atoms with van der Waals surface area (Å²) in [5, 5.41) is 0. The van der Waals surface area contributed by atoms with Gasteiger partial charge in [-0.2, -0.15) is 4.99 Å². The van der Waals surface area contributed by atoms with Gasteiger partial charge in [0.25, 0.3) is 5.91 Å². The summed E-state index contributed by atoms with van der Waals surface area (Å²) in [5.41, 5.74) is 0.840. The lowest BCUT2D eigenvalue weighted by molar-refractivity contribution is -0.141. The lowest BCUT2D eigenvalue weighted by atomic mass is 10.2. The molecule has 0 aliphatic rings. The molecule has 0 unspecified atom stereocenters. The summed E-state index contributed by atoms with van der Waals surface area (Å²) >= 11 is 1.10. The smallest absolute Gasteiger partial charge is 0.325 e. The number of benzene rings is 2. The van der Waals surface area contributed by atoms with Crippen molar-refractivity contribution in [2.75, 3.05) is 26.6 Å². The predicted molar refractivity (Wildman–Crippen MR) is 124 cm³/mol. The number of fused-ring (bicyclic) bond motifs is 1. The lowest BCUT2D eigenvalue weighted by Crippen LogP contribution is -2.22. The average Bonchev–Trinajstić information content (AvgIpc) is 3.10. The minimum atomic E-state index is -3.43. The van der Waals surface area contributed by atoms with Gasteiger partial charge in [-0.15, -0.1) is 0 Å². The number of amides is 1. The molecule has 11 heteroatoms. The fourth-order valence-corrected chi connectivity index (χ4v) is 4.84. The number of sulfone groups is 1. The molecule has 33 heavy (non-hydrogen) atoms. The largest absolute Gasteiger partial charge is 0.490 e. The third-order valence-electron chi connectivity index (χ3n) is 4.58. The molecule has 0 bridgehead atoms.